The van der Waals surface area contributed by atoms with E-state index in [1.807, 2.05) is 34.9 Å². The molecule has 0 saturated carbocycles. The van der Waals surface area contributed by atoms with E-state index >= 15 is 0 Å². The number of aryl methyl sites for hydroxylation is 4. The van der Waals surface area contributed by atoms with Crippen LogP contribution in [0, 0.1) is 20.8 Å². The Kier molecular flexibility index (Phi) is 6.10. The molecule has 1 N–H and O–H groups in total. The highest BCUT2D eigenvalue weighted by molar-refractivity contribution is 7.20. The number of hydrogen-bond donors (Lipinski definition) is 1. The van der Waals surface area contributed by atoms with Gasteiger partial charge in [0.1, 0.15) is 10.7 Å². The lowest BCUT2D eigenvalue weighted by molar-refractivity contribution is 0.0945. The van der Waals surface area contributed by atoms with Crippen LogP contribution in [0.4, 0.5) is 0 Å². The Hall–Kier alpha value is -2.31. The second kappa shape index (κ2) is 8.37. The predicted molar refractivity (Wildman–Crippen MR) is 116 cm³/mol. The number of carbonyl (C=O) groups excluding carboxylic acids is 1. The van der Waals surface area contributed by atoms with Crippen LogP contribution in [0.5, 0.6) is 0 Å². The van der Waals surface area contributed by atoms with E-state index in [0.717, 1.165) is 38.6 Å². The summed E-state index contributed by atoms with van der Waals surface area (Å²) in [6.07, 6.45) is 1.02. The summed E-state index contributed by atoms with van der Waals surface area (Å²) >= 11 is 1.44. The molecular weight excluding hydrogens is 368 g/mol. The largest absolute Gasteiger partial charge is 0.349 e. The summed E-state index contributed by atoms with van der Waals surface area (Å²) in [5.74, 6) is 0.691. The van der Waals surface area contributed by atoms with Gasteiger partial charge in [-0.05, 0) is 58.0 Å². The van der Waals surface area contributed by atoms with E-state index in [-0.39, 0.29) is 11.9 Å². The van der Waals surface area contributed by atoms with E-state index in [9.17, 15) is 4.79 Å². The third-order valence-electron chi connectivity index (χ3n) is 5.14. The molecule has 0 saturated heterocycles. The van der Waals surface area contributed by atoms with Crippen LogP contribution in [-0.4, -0.2) is 41.4 Å². The van der Waals surface area contributed by atoms with Crippen LogP contribution in [-0.2, 0) is 6.42 Å². The lowest BCUT2D eigenvalue weighted by atomic mass is 10.0. The van der Waals surface area contributed by atoms with Gasteiger partial charge in [0.15, 0.2) is 0 Å². The molecule has 0 spiro atoms. The molecule has 0 aliphatic heterocycles. The number of fused-ring (bicyclic) bond motifs is 1. The Morgan fingerprint density at radius 3 is 2.43 bits per heavy atom. The van der Waals surface area contributed by atoms with Crippen molar-refractivity contribution in [2.45, 2.75) is 40.2 Å². The number of thiophene rings is 1. The molecule has 6 heteroatoms. The SMILES string of the molecule is CCc1ccc(C(CNC(=O)c2sc3nc(C)nc(C)c3c2C)N(C)C)cc1. The fourth-order valence-corrected chi connectivity index (χ4v) is 4.73. The van der Waals surface area contributed by atoms with Gasteiger partial charge in [-0.15, -0.1) is 11.3 Å². The van der Waals surface area contributed by atoms with Gasteiger partial charge in [0.2, 0.25) is 0 Å². The van der Waals surface area contributed by atoms with Gasteiger partial charge < -0.3 is 10.2 Å². The van der Waals surface area contributed by atoms with Crippen molar-refractivity contribution in [2.75, 3.05) is 20.6 Å². The van der Waals surface area contributed by atoms with E-state index in [1.54, 1.807) is 0 Å². The number of likely N-dealkylation sites (N-methyl/N-ethyl adjacent to an activating group) is 1. The molecule has 5 nitrogen and oxygen atoms in total. The molecule has 0 aliphatic rings. The van der Waals surface area contributed by atoms with Gasteiger partial charge in [-0.2, -0.15) is 0 Å². The van der Waals surface area contributed by atoms with Crippen LogP contribution in [0.1, 0.15) is 50.8 Å². The summed E-state index contributed by atoms with van der Waals surface area (Å²) in [6, 6.07) is 8.75. The number of carbonyl (C=O) groups is 1. The molecule has 3 aromatic rings. The number of aromatic nitrogens is 2. The van der Waals surface area contributed by atoms with E-state index < -0.39 is 0 Å². The summed E-state index contributed by atoms with van der Waals surface area (Å²) in [7, 11) is 4.08. The normalized spacial score (nSPS) is 12.5. The summed E-state index contributed by atoms with van der Waals surface area (Å²) in [6.45, 7) is 8.54. The molecule has 1 unspecified atom stereocenters. The van der Waals surface area contributed by atoms with Crippen LogP contribution in [0.2, 0.25) is 0 Å². The molecule has 0 fully saturated rings. The Balaban J connectivity index is 1.80. The minimum atomic E-state index is -0.0467. The maximum absolute atomic E-state index is 12.9. The monoisotopic (exact) mass is 396 g/mol. The summed E-state index contributed by atoms with van der Waals surface area (Å²) in [5, 5.41) is 4.13. The van der Waals surface area contributed by atoms with Gasteiger partial charge in [0.05, 0.1) is 10.9 Å². The maximum Gasteiger partial charge on any atom is 0.261 e. The average molecular weight is 397 g/mol. The molecule has 2 aromatic heterocycles. The van der Waals surface area contributed by atoms with E-state index in [4.69, 9.17) is 0 Å². The molecule has 0 radical (unpaired) electrons. The third kappa shape index (κ3) is 4.08. The molecule has 0 aliphatic carbocycles. The quantitative estimate of drug-likeness (QED) is 0.678. The average Bonchev–Trinajstić information content (AvgIpc) is 2.98. The van der Waals surface area contributed by atoms with Gasteiger partial charge in [0.25, 0.3) is 5.91 Å². The predicted octanol–water partition coefficient (Wildman–Crippen LogP) is 4.21. The van der Waals surface area contributed by atoms with Crippen molar-refractivity contribution in [1.82, 2.24) is 20.2 Å². The zero-order valence-electron chi connectivity index (χ0n) is 17.5. The Labute approximate surface area is 170 Å². The first kappa shape index (κ1) is 20.4. The number of rotatable bonds is 6. The minimum absolute atomic E-state index is 0.0467. The second-order valence-corrected chi connectivity index (χ2v) is 8.38. The van der Waals surface area contributed by atoms with Gasteiger partial charge in [-0.3, -0.25) is 4.79 Å². The molecule has 3 rings (SSSR count). The maximum atomic E-state index is 12.9. The number of amides is 1. The van der Waals surface area contributed by atoms with Crippen LogP contribution >= 0.6 is 11.3 Å². The third-order valence-corrected chi connectivity index (χ3v) is 6.33. The molecule has 1 aromatic carbocycles. The standard InChI is InChI=1S/C22H28N4OS/c1-7-16-8-10-17(11-9-16)18(26(5)6)12-23-21(27)20-13(2)19-14(3)24-15(4)25-22(19)28-20/h8-11,18H,7,12H2,1-6H3,(H,23,27). The highest BCUT2D eigenvalue weighted by atomic mass is 32.1. The number of nitrogens with one attached hydrogen (secondary N) is 1. The first-order chi connectivity index (χ1) is 13.3. The molecular formula is C22H28N4OS. The Bertz CT molecular complexity index is 992. The van der Waals surface area contributed by atoms with Crippen molar-refractivity contribution < 1.29 is 4.79 Å². The first-order valence-electron chi connectivity index (χ1n) is 9.59. The zero-order chi connectivity index (χ0) is 20.4. The van der Waals surface area contributed by atoms with Crippen molar-refractivity contribution in [2.24, 2.45) is 0 Å². The van der Waals surface area contributed by atoms with Crippen LogP contribution in [0.15, 0.2) is 24.3 Å². The van der Waals surface area contributed by atoms with E-state index in [1.165, 1.54) is 22.5 Å². The van der Waals surface area contributed by atoms with Crippen molar-refractivity contribution in [3.05, 3.63) is 57.4 Å². The zero-order valence-corrected chi connectivity index (χ0v) is 18.3. The van der Waals surface area contributed by atoms with Gasteiger partial charge in [-0.25, -0.2) is 9.97 Å². The first-order valence-corrected chi connectivity index (χ1v) is 10.4. The van der Waals surface area contributed by atoms with Crippen molar-refractivity contribution in [3.63, 3.8) is 0 Å². The summed E-state index contributed by atoms with van der Waals surface area (Å²) < 4.78 is 0. The highest BCUT2D eigenvalue weighted by Gasteiger charge is 2.21. The lowest BCUT2D eigenvalue weighted by Gasteiger charge is -2.25. The lowest BCUT2D eigenvalue weighted by Crippen LogP contribution is -2.34. The minimum Gasteiger partial charge on any atom is -0.349 e. The Morgan fingerprint density at radius 1 is 1.14 bits per heavy atom. The van der Waals surface area contributed by atoms with Crippen LogP contribution in [0.3, 0.4) is 0 Å². The fraction of sp³-hybridized carbons (Fsp3) is 0.409. The molecule has 1 atom stereocenters. The van der Waals surface area contributed by atoms with Crippen molar-refractivity contribution in [3.8, 4) is 0 Å². The van der Waals surface area contributed by atoms with Crippen LogP contribution in [0.25, 0.3) is 10.2 Å². The topological polar surface area (TPSA) is 58.1 Å². The summed E-state index contributed by atoms with van der Waals surface area (Å²) in [5.41, 5.74) is 4.41. The van der Waals surface area contributed by atoms with Crippen molar-refractivity contribution >= 4 is 27.5 Å². The smallest absolute Gasteiger partial charge is 0.261 e. The number of hydrogen-bond acceptors (Lipinski definition) is 5. The molecule has 28 heavy (non-hydrogen) atoms. The van der Waals surface area contributed by atoms with Gasteiger partial charge in [0, 0.05) is 17.6 Å². The molecule has 2 heterocycles. The number of benzene rings is 1. The number of nitrogens with zero attached hydrogens (tertiary/aromatic N) is 3. The molecule has 0 bridgehead atoms. The molecule has 148 valence electrons. The molecule has 1 amide bonds. The second-order valence-electron chi connectivity index (χ2n) is 7.38. The van der Waals surface area contributed by atoms with Gasteiger partial charge in [-0.1, -0.05) is 31.2 Å². The van der Waals surface area contributed by atoms with E-state index in [2.05, 4.69) is 51.4 Å². The fourth-order valence-electron chi connectivity index (χ4n) is 3.53. The van der Waals surface area contributed by atoms with Crippen molar-refractivity contribution in [1.29, 1.82) is 0 Å². The highest BCUT2D eigenvalue weighted by Crippen LogP contribution is 2.31. The Morgan fingerprint density at radius 2 is 1.82 bits per heavy atom. The van der Waals surface area contributed by atoms with Gasteiger partial charge >= 0.3 is 0 Å². The van der Waals surface area contributed by atoms with Crippen LogP contribution < -0.4 is 5.32 Å². The van der Waals surface area contributed by atoms with E-state index in [0.29, 0.717) is 6.54 Å². The summed E-state index contributed by atoms with van der Waals surface area (Å²) in [4.78, 5) is 25.6.